The highest BCUT2D eigenvalue weighted by Gasteiger charge is 2.19. The number of carbonyl (C=O) groups excluding carboxylic acids is 1. The predicted octanol–water partition coefficient (Wildman–Crippen LogP) is 1.87. The molecule has 1 fully saturated rings. The topological polar surface area (TPSA) is 57.7 Å². The number of amides is 1. The van der Waals surface area contributed by atoms with Gasteiger partial charge in [-0.3, -0.25) is 9.69 Å². The molecule has 2 aromatic heterocycles. The Bertz CT molecular complexity index is 645. The van der Waals surface area contributed by atoms with E-state index in [0.29, 0.717) is 12.6 Å². The van der Waals surface area contributed by atoms with Crippen LogP contribution in [-0.2, 0) is 4.74 Å². The van der Waals surface area contributed by atoms with E-state index in [1.807, 2.05) is 25.1 Å². The van der Waals surface area contributed by atoms with Crippen LogP contribution in [0.25, 0.3) is 9.53 Å². The van der Waals surface area contributed by atoms with E-state index in [0.717, 1.165) is 45.8 Å². The Labute approximate surface area is 144 Å². The highest BCUT2D eigenvalue weighted by atomic mass is 32.1. The smallest absolute Gasteiger partial charge is 0.261 e. The van der Waals surface area contributed by atoms with Crippen LogP contribution >= 0.6 is 22.7 Å². The van der Waals surface area contributed by atoms with Crippen molar-refractivity contribution >= 4 is 43.2 Å². The molecule has 1 aliphatic heterocycles. The Morgan fingerprint density at radius 1 is 1.43 bits per heavy atom. The average molecular weight is 355 g/mol. The second-order valence-corrected chi connectivity index (χ2v) is 7.92. The van der Waals surface area contributed by atoms with Gasteiger partial charge in [-0.05, 0) is 13.0 Å². The number of thiazole rings is 1. The van der Waals surface area contributed by atoms with Crippen LogP contribution in [0.15, 0.2) is 6.07 Å². The molecule has 6 nitrogen and oxygen atoms in total. The molecule has 2 aromatic rings. The van der Waals surface area contributed by atoms with Gasteiger partial charge in [0.05, 0.1) is 22.8 Å². The third kappa shape index (κ3) is 3.82. The van der Waals surface area contributed by atoms with Gasteiger partial charge in [0.1, 0.15) is 4.83 Å². The minimum Gasteiger partial charge on any atom is -0.379 e. The van der Waals surface area contributed by atoms with Crippen molar-refractivity contribution < 1.29 is 9.53 Å². The van der Waals surface area contributed by atoms with Crippen molar-refractivity contribution in [3.05, 3.63) is 10.9 Å². The van der Waals surface area contributed by atoms with Gasteiger partial charge < -0.3 is 15.0 Å². The fourth-order valence-electron chi connectivity index (χ4n) is 2.50. The van der Waals surface area contributed by atoms with E-state index in [4.69, 9.17) is 4.74 Å². The molecule has 1 atom stereocenters. The molecular weight excluding hydrogens is 332 g/mol. The van der Waals surface area contributed by atoms with E-state index in [9.17, 15) is 4.79 Å². The molecule has 126 valence electrons. The molecular formula is C15H22N4O2S2. The summed E-state index contributed by atoms with van der Waals surface area (Å²) in [6.45, 7) is 6.22. The second kappa shape index (κ2) is 7.12. The number of ether oxygens (including phenoxy) is 1. The zero-order valence-corrected chi connectivity index (χ0v) is 15.3. The summed E-state index contributed by atoms with van der Waals surface area (Å²) in [7, 11) is 3.95. The highest BCUT2D eigenvalue weighted by Crippen LogP contribution is 2.33. The first-order valence-corrected chi connectivity index (χ1v) is 9.35. The summed E-state index contributed by atoms with van der Waals surface area (Å²) >= 11 is 3.07. The minimum atomic E-state index is -0.00767. The molecule has 1 saturated heterocycles. The van der Waals surface area contributed by atoms with Crippen LogP contribution in [0, 0.1) is 0 Å². The van der Waals surface area contributed by atoms with Gasteiger partial charge >= 0.3 is 0 Å². The Hall–Kier alpha value is -1.22. The Morgan fingerprint density at radius 3 is 2.83 bits per heavy atom. The number of nitrogens with one attached hydrogen (secondary N) is 1. The van der Waals surface area contributed by atoms with Crippen molar-refractivity contribution in [3.8, 4) is 0 Å². The van der Waals surface area contributed by atoms with Crippen LogP contribution in [0.1, 0.15) is 16.6 Å². The molecule has 8 heteroatoms. The number of rotatable bonds is 5. The number of thiophene rings is 1. The van der Waals surface area contributed by atoms with E-state index in [-0.39, 0.29) is 5.91 Å². The van der Waals surface area contributed by atoms with Crippen LogP contribution in [0.4, 0.5) is 5.13 Å². The summed E-state index contributed by atoms with van der Waals surface area (Å²) in [5.41, 5.74) is 0. The highest BCUT2D eigenvalue weighted by molar-refractivity contribution is 7.29. The van der Waals surface area contributed by atoms with Crippen LogP contribution in [0.2, 0.25) is 0 Å². The van der Waals surface area contributed by atoms with Gasteiger partial charge in [0.15, 0.2) is 5.13 Å². The molecule has 3 rings (SSSR count). The van der Waals surface area contributed by atoms with E-state index < -0.39 is 0 Å². The zero-order chi connectivity index (χ0) is 16.4. The molecule has 1 unspecified atom stereocenters. The third-order valence-corrected chi connectivity index (χ3v) is 6.24. The van der Waals surface area contributed by atoms with Gasteiger partial charge in [0.2, 0.25) is 0 Å². The first-order chi connectivity index (χ1) is 11.0. The number of carbonyl (C=O) groups is 1. The SMILES string of the molecule is CC(CNC(=O)c1cc2sc(N(C)C)nc2s1)N1CCOCC1. The molecule has 0 radical (unpaired) electrons. The quantitative estimate of drug-likeness (QED) is 0.888. The van der Waals surface area contributed by atoms with Crippen molar-refractivity contribution in [2.45, 2.75) is 13.0 Å². The van der Waals surface area contributed by atoms with E-state index in [2.05, 4.69) is 22.1 Å². The Balaban J connectivity index is 1.58. The fraction of sp³-hybridized carbons (Fsp3) is 0.600. The van der Waals surface area contributed by atoms with Gasteiger partial charge in [-0.15, -0.1) is 11.3 Å². The maximum atomic E-state index is 12.3. The number of hydrogen-bond acceptors (Lipinski definition) is 7. The lowest BCUT2D eigenvalue weighted by atomic mass is 10.2. The van der Waals surface area contributed by atoms with E-state index in [1.54, 1.807) is 11.3 Å². The van der Waals surface area contributed by atoms with Gasteiger partial charge in [0.25, 0.3) is 5.91 Å². The monoisotopic (exact) mass is 354 g/mol. The summed E-state index contributed by atoms with van der Waals surface area (Å²) in [6.07, 6.45) is 0. The second-order valence-electron chi connectivity index (χ2n) is 5.88. The third-order valence-electron chi connectivity index (χ3n) is 3.91. The maximum absolute atomic E-state index is 12.3. The maximum Gasteiger partial charge on any atom is 0.261 e. The van der Waals surface area contributed by atoms with Crippen molar-refractivity contribution in [2.75, 3.05) is 51.8 Å². The number of fused-ring (bicyclic) bond motifs is 1. The molecule has 0 saturated carbocycles. The Kier molecular flexibility index (Phi) is 5.15. The van der Waals surface area contributed by atoms with Gasteiger partial charge in [0, 0.05) is 39.8 Å². The van der Waals surface area contributed by atoms with Crippen LogP contribution in [0.5, 0.6) is 0 Å². The van der Waals surface area contributed by atoms with Crippen molar-refractivity contribution in [1.82, 2.24) is 15.2 Å². The molecule has 1 aliphatic rings. The number of morpholine rings is 1. The van der Waals surface area contributed by atoms with Crippen molar-refractivity contribution in [3.63, 3.8) is 0 Å². The van der Waals surface area contributed by atoms with Crippen molar-refractivity contribution in [1.29, 1.82) is 0 Å². The standard InChI is InChI=1S/C15H22N4O2S2/c1-10(19-4-6-21-7-5-19)9-16-13(20)11-8-12-14(22-11)17-15(23-12)18(2)3/h8,10H,4-7,9H2,1-3H3,(H,16,20). The van der Waals surface area contributed by atoms with Gasteiger partial charge in [-0.1, -0.05) is 11.3 Å². The normalized spacial score (nSPS) is 17.3. The van der Waals surface area contributed by atoms with Gasteiger partial charge in [-0.25, -0.2) is 4.98 Å². The van der Waals surface area contributed by atoms with Crippen LogP contribution < -0.4 is 10.2 Å². The molecule has 3 heterocycles. The molecule has 23 heavy (non-hydrogen) atoms. The number of anilines is 1. The number of hydrogen-bond donors (Lipinski definition) is 1. The summed E-state index contributed by atoms with van der Waals surface area (Å²) in [5.74, 6) is -0.00767. The summed E-state index contributed by atoms with van der Waals surface area (Å²) in [4.78, 5) is 22.9. The van der Waals surface area contributed by atoms with E-state index >= 15 is 0 Å². The lowest BCUT2D eigenvalue weighted by Crippen LogP contribution is -2.47. The Morgan fingerprint density at radius 2 is 2.17 bits per heavy atom. The summed E-state index contributed by atoms with van der Waals surface area (Å²) < 4.78 is 6.43. The molecule has 0 spiro atoms. The first-order valence-electron chi connectivity index (χ1n) is 7.72. The lowest BCUT2D eigenvalue weighted by molar-refractivity contribution is 0.0204. The first kappa shape index (κ1) is 16.6. The minimum absolute atomic E-state index is 0.00767. The zero-order valence-electron chi connectivity index (χ0n) is 13.7. The molecule has 0 bridgehead atoms. The average Bonchev–Trinajstić information content (AvgIpc) is 3.12. The summed E-state index contributed by atoms with van der Waals surface area (Å²) in [5, 5.41) is 4.01. The largest absolute Gasteiger partial charge is 0.379 e. The molecule has 0 aliphatic carbocycles. The van der Waals surface area contributed by atoms with Crippen molar-refractivity contribution in [2.24, 2.45) is 0 Å². The predicted molar refractivity (Wildman–Crippen MR) is 96.0 cm³/mol. The number of aromatic nitrogens is 1. The van der Waals surface area contributed by atoms with Gasteiger partial charge in [-0.2, -0.15) is 0 Å². The van der Waals surface area contributed by atoms with Crippen LogP contribution in [0.3, 0.4) is 0 Å². The van der Waals surface area contributed by atoms with Crippen LogP contribution in [-0.4, -0.2) is 68.8 Å². The number of nitrogens with zero attached hydrogens (tertiary/aromatic N) is 3. The fourth-order valence-corrected chi connectivity index (χ4v) is 4.55. The molecule has 1 amide bonds. The lowest BCUT2D eigenvalue weighted by Gasteiger charge is -2.32. The summed E-state index contributed by atoms with van der Waals surface area (Å²) in [6, 6.07) is 2.27. The molecule has 0 aromatic carbocycles. The molecule has 1 N–H and O–H groups in total. The van der Waals surface area contributed by atoms with E-state index in [1.165, 1.54) is 11.3 Å².